The van der Waals surface area contributed by atoms with Crippen LogP contribution in [-0.2, 0) is 53.7 Å². The maximum absolute atomic E-state index is 13.3. The lowest BCUT2D eigenvalue weighted by Crippen LogP contribution is -2.30. The first-order valence-corrected chi connectivity index (χ1v) is 20.8. The Morgan fingerprint density at radius 2 is 0.932 bits per heavy atom. The lowest BCUT2D eigenvalue weighted by Gasteiger charge is -2.25. The number of rotatable bonds is 10. The number of fused-ring (bicyclic) bond motifs is 6. The van der Waals surface area contributed by atoms with E-state index in [0.717, 1.165) is 18.6 Å². The number of amides is 2. The molecule has 0 atom stereocenters. The molecule has 12 heteroatoms. The van der Waals surface area contributed by atoms with E-state index in [0.29, 0.717) is 65.7 Å². The molecule has 0 fully saturated rings. The molecule has 4 rings (SSSR count). The molecule has 12 nitrogen and oxygen atoms in total. The van der Waals surface area contributed by atoms with Crippen molar-refractivity contribution >= 4 is 36.5 Å². The molecule has 0 unspecified atom stereocenters. The zero-order valence-corrected chi connectivity index (χ0v) is 37.0. The number of hydrogen-bond donors (Lipinski definition) is 3. The molecule has 0 aliphatic carbocycles. The number of carboxylic acid groups (broad SMARTS) is 3. The zero-order chi connectivity index (χ0) is 45.1. The molecule has 0 spiro atoms. The van der Waals surface area contributed by atoms with Crippen LogP contribution in [0.5, 0.6) is 0 Å². The molecule has 0 aromatic heterocycles. The minimum absolute atomic E-state index is 0.00555. The summed E-state index contributed by atoms with van der Waals surface area (Å²) in [7, 11) is 1.83. The maximum atomic E-state index is 13.3. The van der Waals surface area contributed by atoms with Crippen LogP contribution in [0.2, 0.25) is 0 Å². The second-order valence-corrected chi connectivity index (χ2v) is 14.4. The average molecular weight is 820 g/mol. The van der Waals surface area contributed by atoms with Crippen LogP contribution in [0.25, 0.3) is 0 Å². The molecule has 0 radical (unpaired) electrons. The van der Waals surface area contributed by atoms with Crippen molar-refractivity contribution in [3.05, 3.63) is 105 Å². The first-order valence-electron chi connectivity index (χ1n) is 20.8. The largest absolute Gasteiger partial charge is 0.478 e. The highest BCUT2D eigenvalue weighted by Crippen LogP contribution is 2.22. The van der Waals surface area contributed by atoms with Gasteiger partial charge in [-0.2, -0.15) is 0 Å². The fourth-order valence-electron chi connectivity index (χ4n) is 6.22. The fourth-order valence-corrected chi connectivity index (χ4v) is 6.22. The number of benzene rings is 3. The minimum atomic E-state index is -1.17. The molecule has 0 saturated heterocycles. The molecule has 2 amide bonds. The van der Waals surface area contributed by atoms with E-state index in [1.165, 1.54) is 42.0 Å². The third kappa shape index (κ3) is 20.8. The van der Waals surface area contributed by atoms with E-state index >= 15 is 0 Å². The highest BCUT2D eigenvalue weighted by Gasteiger charge is 2.20. The Morgan fingerprint density at radius 1 is 0.576 bits per heavy atom. The number of hydrogen-bond acceptors (Lipinski definition) is 7. The normalized spacial score (nSPS) is 12.5. The summed E-state index contributed by atoms with van der Waals surface area (Å²) in [5, 5.41) is 29.4. The van der Waals surface area contributed by atoms with Crippen molar-refractivity contribution in [3.8, 4) is 0 Å². The Balaban J connectivity index is 0.00000194. The van der Waals surface area contributed by atoms with Gasteiger partial charge in [0.1, 0.15) is 6.29 Å². The van der Waals surface area contributed by atoms with Crippen LogP contribution >= 0.6 is 0 Å². The number of aldehydes is 1. The Hall–Kier alpha value is -5.36. The molecular formula is C47H69N3O9. The van der Waals surface area contributed by atoms with Crippen molar-refractivity contribution in [2.75, 3.05) is 7.05 Å². The summed E-state index contributed by atoms with van der Waals surface area (Å²) >= 11 is 0. The quantitative estimate of drug-likeness (QED) is 0.167. The second-order valence-electron chi connectivity index (χ2n) is 14.4. The zero-order valence-electron chi connectivity index (χ0n) is 37.0. The molecule has 326 valence electrons. The van der Waals surface area contributed by atoms with Gasteiger partial charge in [-0.3, -0.25) is 14.5 Å². The molecule has 3 aromatic rings. The molecule has 3 N–H and O–H groups in total. The van der Waals surface area contributed by atoms with Gasteiger partial charge < -0.3 is 29.9 Å². The molecule has 3 aromatic carbocycles. The number of nitrogens with zero attached hydrogens (tertiary/aromatic N) is 3. The summed E-state index contributed by atoms with van der Waals surface area (Å²) in [6.45, 7) is 19.6. The molecule has 0 saturated carbocycles. The summed E-state index contributed by atoms with van der Waals surface area (Å²) in [5.74, 6) is -2.65. The van der Waals surface area contributed by atoms with Gasteiger partial charge in [-0.25, -0.2) is 14.4 Å². The number of aromatic carboxylic acids is 3. The van der Waals surface area contributed by atoms with Gasteiger partial charge in [-0.15, -0.1) is 0 Å². The van der Waals surface area contributed by atoms with Crippen LogP contribution in [0, 0.1) is 5.92 Å². The van der Waals surface area contributed by atoms with Crippen molar-refractivity contribution in [2.45, 2.75) is 140 Å². The van der Waals surface area contributed by atoms with Gasteiger partial charge in [-0.1, -0.05) is 93.4 Å². The molecular weight excluding hydrogens is 751 g/mol. The minimum Gasteiger partial charge on any atom is -0.478 e. The SMILES string of the molecule is CC.CC.CCCC(=O)N1Cc2cc(cc(C(=O)O)c2)CN(C)Cc2cc(cc(C(=O)O)c2)CN(C=O)Cc2cc(cc(C(=O)O)c2)C1.CCCC(C)C.CCCC=O. The van der Waals surface area contributed by atoms with Crippen LogP contribution < -0.4 is 0 Å². The Kier molecular flexibility index (Phi) is 27.1. The van der Waals surface area contributed by atoms with Gasteiger partial charge in [0.05, 0.1) is 16.7 Å². The molecule has 1 heterocycles. The van der Waals surface area contributed by atoms with E-state index in [1.807, 2.05) is 65.6 Å². The van der Waals surface area contributed by atoms with E-state index in [1.54, 1.807) is 23.1 Å². The first kappa shape index (κ1) is 53.6. The van der Waals surface area contributed by atoms with Gasteiger partial charge in [0.2, 0.25) is 12.3 Å². The predicted molar refractivity (Wildman–Crippen MR) is 233 cm³/mol. The topological polar surface area (TPSA) is 173 Å². The molecule has 1 aliphatic heterocycles. The van der Waals surface area contributed by atoms with Crippen molar-refractivity contribution in [3.63, 3.8) is 0 Å². The van der Waals surface area contributed by atoms with Gasteiger partial charge in [-0.05, 0) is 95.6 Å². The summed E-state index contributed by atoms with van der Waals surface area (Å²) < 4.78 is 0. The lowest BCUT2D eigenvalue weighted by molar-refractivity contribution is -0.132. The number of carbonyl (C=O) groups is 6. The van der Waals surface area contributed by atoms with E-state index in [-0.39, 0.29) is 55.2 Å². The highest BCUT2D eigenvalue weighted by atomic mass is 16.4. The predicted octanol–water partition coefficient (Wildman–Crippen LogP) is 9.69. The van der Waals surface area contributed by atoms with Crippen molar-refractivity contribution < 1.29 is 44.1 Å². The molecule has 59 heavy (non-hydrogen) atoms. The van der Waals surface area contributed by atoms with E-state index in [4.69, 9.17) is 0 Å². The third-order valence-electron chi connectivity index (χ3n) is 8.56. The fraction of sp³-hybridized carbons (Fsp3) is 0.489. The third-order valence-corrected chi connectivity index (χ3v) is 8.56. The van der Waals surface area contributed by atoms with Gasteiger partial charge in [0, 0.05) is 52.1 Å². The van der Waals surface area contributed by atoms with Gasteiger partial charge >= 0.3 is 17.9 Å². The standard InChI is InChI=1S/C33H35N3O8.C6H14.C4H8O.2C2H6/c1-3-4-30(38)36-18-25-6-22(9-28(12-25)32(41)42)15-34(2)14-21-5-23(10-27(8-21)31(39)40)16-35(20-37)17-24-7-26(19-36)13-29(11-24)33(43)44;1-4-5-6(2)3;1-2-3-4-5;2*1-2/h5-13,20H,3-4,14-19H2,1-2H3,(H,39,40)(H,41,42)(H,43,44);6H,4-5H2,1-3H3;4H,2-3H2,1H3;2*1-2H3. The average Bonchev–Trinajstić information content (AvgIpc) is 3.19. The summed E-state index contributed by atoms with van der Waals surface area (Å²) in [5.41, 5.74) is 3.78. The summed E-state index contributed by atoms with van der Waals surface area (Å²) in [6, 6.07) is 14.5. The smallest absolute Gasteiger partial charge is 0.335 e. The van der Waals surface area contributed by atoms with E-state index in [9.17, 15) is 44.1 Å². The van der Waals surface area contributed by atoms with Crippen LogP contribution in [0.3, 0.4) is 0 Å². The first-order chi connectivity index (χ1) is 28.1. The number of carboxylic acids is 3. The van der Waals surface area contributed by atoms with Crippen LogP contribution in [0.15, 0.2) is 54.6 Å². The van der Waals surface area contributed by atoms with Gasteiger partial charge in [0.15, 0.2) is 0 Å². The number of unbranched alkanes of at least 4 members (excludes halogenated alkanes) is 1. The highest BCUT2D eigenvalue weighted by molar-refractivity contribution is 5.89. The Morgan fingerprint density at radius 3 is 1.17 bits per heavy atom. The van der Waals surface area contributed by atoms with Crippen molar-refractivity contribution in [1.29, 1.82) is 0 Å². The van der Waals surface area contributed by atoms with E-state index < -0.39 is 17.9 Å². The van der Waals surface area contributed by atoms with Crippen LogP contribution in [0.4, 0.5) is 0 Å². The molecule has 6 bridgehead atoms. The summed E-state index contributed by atoms with van der Waals surface area (Å²) in [6.07, 6.45) is 6.81. The Bertz CT molecular complexity index is 1770. The Labute approximate surface area is 352 Å². The maximum Gasteiger partial charge on any atom is 0.335 e. The monoisotopic (exact) mass is 820 g/mol. The lowest BCUT2D eigenvalue weighted by atomic mass is 10.0. The second kappa shape index (κ2) is 29.8. The molecule has 1 aliphatic rings. The van der Waals surface area contributed by atoms with Crippen LogP contribution in [0.1, 0.15) is 165 Å². The number of carbonyl (C=O) groups excluding carboxylic acids is 3. The van der Waals surface area contributed by atoms with E-state index in [2.05, 4.69) is 20.8 Å². The summed E-state index contributed by atoms with van der Waals surface area (Å²) in [4.78, 5) is 75.7. The van der Waals surface area contributed by atoms with Crippen molar-refractivity contribution in [1.82, 2.24) is 14.7 Å². The van der Waals surface area contributed by atoms with Crippen LogP contribution in [-0.4, -0.2) is 73.6 Å². The van der Waals surface area contributed by atoms with Crippen molar-refractivity contribution in [2.24, 2.45) is 5.92 Å². The van der Waals surface area contributed by atoms with Gasteiger partial charge in [0.25, 0.3) is 0 Å².